The van der Waals surface area contributed by atoms with E-state index in [1.807, 2.05) is 11.9 Å². The summed E-state index contributed by atoms with van der Waals surface area (Å²) in [4.78, 5) is 13.9. The average molecular weight is 300 g/mol. The van der Waals surface area contributed by atoms with Crippen LogP contribution >= 0.6 is 11.3 Å². The van der Waals surface area contributed by atoms with Crippen LogP contribution < -0.4 is 5.32 Å². The summed E-state index contributed by atoms with van der Waals surface area (Å²) in [6.45, 7) is 3.25. The van der Waals surface area contributed by atoms with Gasteiger partial charge in [-0.15, -0.1) is 10.2 Å². The van der Waals surface area contributed by atoms with Crippen LogP contribution in [0.4, 0.5) is 5.13 Å². The van der Waals surface area contributed by atoms with Gasteiger partial charge in [0.05, 0.1) is 13.2 Å². The number of carbonyl (C=O) groups is 1. The van der Waals surface area contributed by atoms with E-state index in [2.05, 4.69) is 15.5 Å². The van der Waals surface area contributed by atoms with Gasteiger partial charge in [-0.05, 0) is 19.4 Å². The Morgan fingerprint density at radius 3 is 3.15 bits per heavy atom. The van der Waals surface area contributed by atoms with E-state index >= 15 is 0 Å². The van der Waals surface area contributed by atoms with Gasteiger partial charge in [0.2, 0.25) is 11.0 Å². The van der Waals surface area contributed by atoms with Crippen LogP contribution in [0.3, 0.4) is 0 Å². The average Bonchev–Trinajstić information content (AvgIpc) is 3.01. The summed E-state index contributed by atoms with van der Waals surface area (Å²) in [5.74, 6) is 0.453. The molecule has 1 atom stereocenters. The molecular formula is C12H20N4O3S. The maximum Gasteiger partial charge on any atom is 0.240 e. The van der Waals surface area contributed by atoms with Crippen molar-refractivity contribution >= 4 is 22.4 Å². The van der Waals surface area contributed by atoms with Crippen LogP contribution in [0.1, 0.15) is 11.4 Å². The normalized spacial score (nSPS) is 18.6. The van der Waals surface area contributed by atoms with Crippen molar-refractivity contribution < 1.29 is 14.3 Å². The molecular weight excluding hydrogens is 280 g/mol. The molecule has 1 fully saturated rings. The summed E-state index contributed by atoms with van der Waals surface area (Å²) in [5.41, 5.74) is 0. The highest BCUT2D eigenvalue weighted by Gasteiger charge is 2.19. The Bertz CT molecular complexity index is 434. The van der Waals surface area contributed by atoms with Gasteiger partial charge in [-0.25, -0.2) is 0 Å². The molecule has 0 unspecified atom stereocenters. The zero-order chi connectivity index (χ0) is 14.4. The molecule has 1 N–H and O–H groups in total. The third-order valence-corrected chi connectivity index (χ3v) is 3.80. The SMILES string of the molecule is COCc1nnc(NC(=O)CN(C)C[C@H]2CCOC2)s1. The van der Waals surface area contributed by atoms with Crippen molar-refractivity contribution in [3.8, 4) is 0 Å². The lowest BCUT2D eigenvalue weighted by atomic mass is 10.1. The second-order valence-corrected chi connectivity index (χ2v) is 5.97. The molecule has 2 heterocycles. The Kier molecular flexibility index (Phi) is 5.84. The molecule has 0 aliphatic carbocycles. The van der Waals surface area contributed by atoms with Gasteiger partial charge in [-0.1, -0.05) is 11.3 Å². The number of anilines is 1. The largest absolute Gasteiger partial charge is 0.381 e. The van der Waals surface area contributed by atoms with Gasteiger partial charge >= 0.3 is 0 Å². The van der Waals surface area contributed by atoms with Crippen LogP contribution in [-0.4, -0.2) is 61.5 Å². The molecule has 112 valence electrons. The number of hydrogen-bond acceptors (Lipinski definition) is 7. The third kappa shape index (κ3) is 4.78. The number of likely N-dealkylation sites (N-methyl/N-ethyl adjacent to an activating group) is 1. The number of hydrogen-bond donors (Lipinski definition) is 1. The van der Waals surface area contributed by atoms with E-state index in [9.17, 15) is 4.79 Å². The zero-order valence-electron chi connectivity index (χ0n) is 11.8. The molecule has 1 amide bonds. The molecule has 1 aromatic heterocycles. The van der Waals surface area contributed by atoms with E-state index < -0.39 is 0 Å². The quantitative estimate of drug-likeness (QED) is 0.794. The third-order valence-electron chi connectivity index (χ3n) is 2.99. The monoisotopic (exact) mass is 300 g/mol. The Balaban J connectivity index is 1.73. The van der Waals surface area contributed by atoms with Gasteiger partial charge in [0.15, 0.2) is 0 Å². The summed E-state index contributed by atoms with van der Waals surface area (Å²) in [5, 5.41) is 11.8. The van der Waals surface area contributed by atoms with Crippen molar-refractivity contribution in [3.63, 3.8) is 0 Å². The van der Waals surface area contributed by atoms with Gasteiger partial charge in [0, 0.05) is 20.3 Å². The van der Waals surface area contributed by atoms with Crippen molar-refractivity contribution in [2.45, 2.75) is 13.0 Å². The standard InChI is InChI=1S/C12H20N4O3S/c1-16(5-9-3-4-19-7-9)6-10(17)13-12-15-14-11(20-12)8-18-2/h9H,3-8H2,1-2H3,(H,13,15,17)/t9-/m1/s1. The van der Waals surface area contributed by atoms with E-state index in [0.29, 0.717) is 24.2 Å². The van der Waals surface area contributed by atoms with Crippen LogP contribution in [0.2, 0.25) is 0 Å². The Morgan fingerprint density at radius 2 is 2.45 bits per heavy atom. The fourth-order valence-corrected chi connectivity index (χ4v) is 2.85. The number of carbonyl (C=O) groups excluding carboxylic acids is 1. The molecule has 20 heavy (non-hydrogen) atoms. The minimum absolute atomic E-state index is 0.0773. The molecule has 2 rings (SSSR count). The first-order chi connectivity index (χ1) is 9.67. The predicted octanol–water partition coefficient (Wildman–Crippen LogP) is 0.591. The van der Waals surface area contributed by atoms with E-state index in [0.717, 1.165) is 31.2 Å². The fraction of sp³-hybridized carbons (Fsp3) is 0.750. The summed E-state index contributed by atoms with van der Waals surface area (Å²) >= 11 is 1.33. The van der Waals surface area contributed by atoms with Gasteiger partial charge < -0.3 is 9.47 Å². The number of nitrogens with one attached hydrogen (secondary N) is 1. The molecule has 1 aliphatic heterocycles. The smallest absolute Gasteiger partial charge is 0.240 e. The number of ether oxygens (including phenoxy) is 2. The number of amides is 1. The topological polar surface area (TPSA) is 76.6 Å². The van der Waals surface area contributed by atoms with Crippen molar-refractivity contribution in [2.75, 3.05) is 45.8 Å². The van der Waals surface area contributed by atoms with E-state index in [1.54, 1.807) is 7.11 Å². The fourth-order valence-electron chi connectivity index (χ4n) is 2.12. The van der Waals surface area contributed by atoms with E-state index in [4.69, 9.17) is 9.47 Å². The molecule has 0 spiro atoms. The summed E-state index contributed by atoms with van der Waals surface area (Å²) in [6, 6.07) is 0. The van der Waals surface area contributed by atoms with Crippen LogP contribution in [0.15, 0.2) is 0 Å². The highest BCUT2D eigenvalue weighted by atomic mass is 32.1. The lowest BCUT2D eigenvalue weighted by Crippen LogP contribution is -2.33. The van der Waals surface area contributed by atoms with Crippen molar-refractivity contribution in [2.24, 2.45) is 5.92 Å². The first-order valence-corrected chi connectivity index (χ1v) is 7.36. The second-order valence-electron chi connectivity index (χ2n) is 4.91. The molecule has 7 nitrogen and oxygen atoms in total. The van der Waals surface area contributed by atoms with Gasteiger partial charge in [0.1, 0.15) is 11.6 Å². The maximum atomic E-state index is 11.9. The zero-order valence-corrected chi connectivity index (χ0v) is 12.6. The predicted molar refractivity (Wildman–Crippen MR) is 75.7 cm³/mol. The molecule has 8 heteroatoms. The number of rotatable bonds is 7. The molecule has 1 saturated heterocycles. The molecule has 0 aromatic carbocycles. The minimum atomic E-state index is -0.0773. The molecule has 0 radical (unpaired) electrons. The summed E-state index contributed by atoms with van der Waals surface area (Å²) < 4.78 is 10.3. The number of aromatic nitrogens is 2. The van der Waals surface area contributed by atoms with Crippen LogP contribution in [0, 0.1) is 5.92 Å². The maximum absolute atomic E-state index is 11.9. The minimum Gasteiger partial charge on any atom is -0.381 e. The van der Waals surface area contributed by atoms with Crippen molar-refractivity contribution in [1.29, 1.82) is 0 Å². The van der Waals surface area contributed by atoms with Crippen molar-refractivity contribution in [3.05, 3.63) is 5.01 Å². The number of nitrogens with zero attached hydrogens (tertiary/aromatic N) is 3. The molecule has 0 saturated carbocycles. The first-order valence-electron chi connectivity index (χ1n) is 6.55. The highest BCUT2D eigenvalue weighted by molar-refractivity contribution is 7.15. The van der Waals surface area contributed by atoms with Crippen molar-refractivity contribution in [1.82, 2.24) is 15.1 Å². The molecule has 0 bridgehead atoms. The first kappa shape index (κ1) is 15.3. The van der Waals surface area contributed by atoms with Gasteiger partial charge in [-0.3, -0.25) is 15.0 Å². The Labute approximate surface area is 122 Å². The second kappa shape index (κ2) is 7.63. The summed E-state index contributed by atoms with van der Waals surface area (Å²) in [6.07, 6.45) is 1.07. The lowest BCUT2D eigenvalue weighted by molar-refractivity contribution is -0.117. The van der Waals surface area contributed by atoms with Crippen LogP contribution in [-0.2, 0) is 20.9 Å². The molecule has 1 aliphatic rings. The number of methoxy groups -OCH3 is 1. The van der Waals surface area contributed by atoms with E-state index in [1.165, 1.54) is 11.3 Å². The molecule has 1 aromatic rings. The Hall–Kier alpha value is -1.09. The van der Waals surface area contributed by atoms with Crippen LogP contribution in [0.5, 0.6) is 0 Å². The van der Waals surface area contributed by atoms with Gasteiger partial charge in [0.25, 0.3) is 0 Å². The van der Waals surface area contributed by atoms with Crippen LogP contribution in [0.25, 0.3) is 0 Å². The highest BCUT2D eigenvalue weighted by Crippen LogP contribution is 2.16. The van der Waals surface area contributed by atoms with Gasteiger partial charge in [-0.2, -0.15) is 0 Å². The van der Waals surface area contributed by atoms with E-state index in [-0.39, 0.29) is 5.91 Å². The lowest BCUT2D eigenvalue weighted by Gasteiger charge is -2.18. The summed E-state index contributed by atoms with van der Waals surface area (Å²) in [7, 11) is 3.54. The Morgan fingerprint density at radius 1 is 1.60 bits per heavy atom.